The van der Waals surface area contributed by atoms with Crippen LogP contribution in [0.4, 0.5) is 10.2 Å². The van der Waals surface area contributed by atoms with Crippen LogP contribution in [0.3, 0.4) is 0 Å². The van der Waals surface area contributed by atoms with Crippen molar-refractivity contribution in [3.05, 3.63) is 23.6 Å². The van der Waals surface area contributed by atoms with Gasteiger partial charge in [-0.2, -0.15) is 0 Å². The second-order valence-electron chi connectivity index (χ2n) is 4.42. The fourth-order valence-corrected chi connectivity index (χ4v) is 2.24. The van der Waals surface area contributed by atoms with E-state index in [2.05, 4.69) is 10.3 Å². The normalized spacial score (nSPS) is 16.6. The molecule has 5 nitrogen and oxygen atoms in total. The van der Waals surface area contributed by atoms with Crippen molar-refractivity contribution in [2.45, 2.75) is 18.9 Å². The minimum absolute atomic E-state index is 0.0870. The quantitative estimate of drug-likeness (QED) is 0.844. The van der Waals surface area contributed by atoms with Crippen molar-refractivity contribution in [1.29, 1.82) is 0 Å². The first-order valence-corrected chi connectivity index (χ1v) is 5.92. The third-order valence-corrected chi connectivity index (χ3v) is 3.25. The van der Waals surface area contributed by atoms with Gasteiger partial charge in [0, 0.05) is 13.1 Å². The van der Waals surface area contributed by atoms with Crippen LogP contribution in [0.2, 0.25) is 0 Å². The number of carboxylic acids is 1. The van der Waals surface area contributed by atoms with E-state index in [0.717, 1.165) is 38.2 Å². The summed E-state index contributed by atoms with van der Waals surface area (Å²) in [6, 6.07) is 1.25. The molecule has 2 heterocycles. The maximum Gasteiger partial charge on any atom is 0.339 e. The number of anilines is 1. The van der Waals surface area contributed by atoms with Crippen molar-refractivity contribution in [3.8, 4) is 0 Å². The maximum atomic E-state index is 13.1. The lowest BCUT2D eigenvalue weighted by Crippen LogP contribution is -2.42. The van der Waals surface area contributed by atoms with E-state index in [1.807, 2.05) is 11.9 Å². The first-order valence-electron chi connectivity index (χ1n) is 5.92. The van der Waals surface area contributed by atoms with Crippen LogP contribution in [0, 0.1) is 5.82 Å². The van der Waals surface area contributed by atoms with Crippen molar-refractivity contribution in [2.75, 3.05) is 25.0 Å². The van der Waals surface area contributed by atoms with E-state index in [9.17, 15) is 9.18 Å². The lowest BCUT2D eigenvalue weighted by molar-refractivity contribution is 0.0696. The summed E-state index contributed by atoms with van der Waals surface area (Å²) in [6.07, 6.45) is 2.91. The highest BCUT2D eigenvalue weighted by Gasteiger charge is 2.23. The second-order valence-corrected chi connectivity index (χ2v) is 4.42. The van der Waals surface area contributed by atoms with Gasteiger partial charge in [-0.05, 0) is 32.0 Å². The van der Waals surface area contributed by atoms with Gasteiger partial charge in [0.05, 0.1) is 6.20 Å². The number of hydrogen-bond acceptors (Lipinski definition) is 4. The third kappa shape index (κ3) is 2.59. The Labute approximate surface area is 105 Å². The topological polar surface area (TPSA) is 65.5 Å². The Morgan fingerprint density at radius 2 is 2.22 bits per heavy atom. The van der Waals surface area contributed by atoms with Crippen LogP contribution in [-0.4, -0.2) is 42.2 Å². The highest BCUT2D eigenvalue weighted by atomic mass is 19.1. The van der Waals surface area contributed by atoms with Gasteiger partial charge in [0.2, 0.25) is 0 Å². The molecule has 0 aromatic carbocycles. The molecule has 6 heteroatoms. The molecule has 1 saturated heterocycles. The van der Waals surface area contributed by atoms with Crippen molar-refractivity contribution >= 4 is 11.8 Å². The number of aromatic carboxylic acids is 1. The molecular weight excluding hydrogens is 237 g/mol. The van der Waals surface area contributed by atoms with E-state index in [-0.39, 0.29) is 11.6 Å². The van der Waals surface area contributed by atoms with E-state index in [0.29, 0.717) is 5.82 Å². The van der Waals surface area contributed by atoms with Crippen molar-refractivity contribution in [2.24, 2.45) is 0 Å². The zero-order valence-electron chi connectivity index (χ0n) is 10.2. The van der Waals surface area contributed by atoms with Gasteiger partial charge >= 0.3 is 5.97 Å². The summed E-state index contributed by atoms with van der Waals surface area (Å²) < 4.78 is 13.1. The molecule has 0 saturated carbocycles. The number of carboxylic acid groups (broad SMARTS) is 1. The Bertz CT molecular complexity index is 447. The molecule has 0 spiro atoms. The molecular formula is C12H16FN3O2. The van der Waals surface area contributed by atoms with Crippen LogP contribution < -0.4 is 10.2 Å². The zero-order valence-corrected chi connectivity index (χ0v) is 10.2. The minimum Gasteiger partial charge on any atom is -0.478 e. The smallest absolute Gasteiger partial charge is 0.339 e. The average Bonchev–Trinajstić information content (AvgIpc) is 2.39. The van der Waals surface area contributed by atoms with Crippen LogP contribution in [0.1, 0.15) is 23.2 Å². The number of rotatable bonds is 3. The fraction of sp³-hybridized carbons (Fsp3) is 0.500. The Kier molecular flexibility index (Phi) is 3.76. The average molecular weight is 253 g/mol. The van der Waals surface area contributed by atoms with Crippen LogP contribution in [0.25, 0.3) is 0 Å². The van der Waals surface area contributed by atoms with Crippen LogP contribution in [-0.2, 0) is 0 Å². The summed E-state index contributed by atoms with van der Waals surface area (Å²) in [4.78, 5) is 16.9. The molecule has 0 bridgehead atoms. The second kappa shape index (κ2) is 5.30. The molecule has 2 N–H and O–H groups in total. The molecule has 0 aliphatic carbocycles. The molecule has 0 radical (unpaired) electrons. The Morgan fingerprint density at radius 3 is 2.83 bits per heavy atom. The van der Waals surface area contributed by atoms with Gasteiger partial charge in [0.15, 0.2) is 0 Å². The number of hydrogen-bond donors (Lipinski definition) is 2. The minimum atomic E-state index is -1.15. The van der Waals surface area contributed by atoms with E-state index in [1.165, 1.54) is 0 Å². The first-order chi connectivity index (χ1) is 8.59. The Balaban J connectivity index is 2.28. The lowest BCUT2D eigenvalue weighted by Gasteiger charge is -2.33. The van der Waals surface area contributed by atoms with Crippen LogP contribution in [0.15, 0.2) is 12.3 Å². The number of pyridine rings is 1. The third-order valence-electron chi connectivity index (χ3n) is 3.25. The van der Waals surface area contributed by atoms with E-state index >= 15 is 0 Å². The molecule has 1 aromatic heterocycles. The lowest BCUT2D eigenvalue weighted by atomic mass is 10.0. The number of aromatic nitrogens is 1. The van der Waals surface area contributed by atoms with Gasteiger partial charge in [-0.1, -0.05) is 0 Å². The van der Waals surface area contributed by atoms with E-state index in [1.54, 1.807) is 0 Å². The van der Waals surface area contributed by atoms with Gasteiger partial charge < -0.3 is 15.3 Å². The Hall–Kier alpha value is -1.69. The van der Waals surface area contributed by atoms with Gasteiger partial charge in [0.1, 0.15) is 17.2 Å². The van der Waals surface area contributed by atoms with Crippen molar-refractivity contribution in [1.82, 2.24) is 10.3 Å². The molecule has 0 unspecified atom stereocenters. The van der Waals surface area contributed by atoms with Gasteiger partial charge in [-0.25, -0.2) is 14.2 Å². The highest BCUT2D eigenvalue weighted by molar-refractivity contribution is 5.93. The highest BCUT2D eigenvalue weighted by Crippen LogP contribution is 2.22. The molecule has 1 fully saturated rings. The molecule has 1 aliphatic heterocycles. The van der Waals surface area contributed by atoms with Crippen LogP contribution >= 0.6 is 0 Å². The van der Waals surface area contributed by atoms with Gasteiger partial charge in [0.25, 0.3) is 0 Å². The molecule has 1 aliphatic rings. The monoisotopic (exact) mass is 253 g/mol. The molecule has 18 heavy (non-hydrogen) atoms. The summed E-state index contributed by atoms with van der Waals surface area (Å²) >= 11 is 0. The largest absolute Gasteiger partial charge is 0.478 e. The zero-order chi connectivity index (χ0) is 13.1. The number of nitrogens with zero attached hydrogens (tertiary/aromatic N) is 2. The Morgan fingerprint density at radius 1 is 1.56 bits per heavy atom. The predicted octanol–water partition coefficient (Wildman–Crippen LogP) is 1.11. The van der Waals surface area contributed by atoms with Gasteiger partial charge in [-0.15, -0.1) is 0 Å². The maximum absolute atomic E-state index is 13.1. The molecule has 1 aromatic rings. The number of carbonyl (C=O) groups is 1. The summed E-state index contributed by atoms with van der Waals surface area (Å²) in [5, 5.41) is 12.3. The summed E-state index contributed by atoms with van der Waals surface area (Å²) in [7, 11) is 1.81. The number of nitrogens with one attached hydrogen (secondary N) is 1. The van der Waals surface area contributed by atoms with Crippen LogP contribution in [0.5, 0.6) is 0 Å². The number of piperidine rings is 1. The van der Waals surface area contributed by atoms with Crippen molar-refractivity contribution in [3.63, 3.8) is 0 Å². The summed E-state index contributed by atoms with van der Waals surface area (Å²) in [5.74, 6) is -1.46. The molecule has 2 rings (SSSR count). The summed E-state index contributed by atoms with van der Waals surface area (Å²) in [6.45, 7) is 1.80. The number of halogens is 1. The van der Waals surface area contributed by atoms with Gasteiger partial charge in [-0.3, -0.25) is 0 Å². The fourth-order valence-electron chi connectivity index (χ4n) is 2.24. The molecule has 0 amide bonds. The predicted molar refractivity (Wildman–Crippen MR) is 65.4 cm³/mol. The molecule has 0 atom stereocenters. The van der Waals surface area contributed by atoms with Crippen molar-refractivity contribution < 1.29 is 14.3 Å². The first kappa shape index (κ1) is 12.8. The standard InChI is InChI=1S/C12H16FN3O2/c1-16(9-2-4-14-5-3-9)11-10(12(17)18)6-8(13)7-15-11/h6-7,9,14H,2-5H2,1H3,(H,17,18). The molecule has 98 valence electrons. The summed E-state index contributed by atoms with van der Waals surface area (Å²) in [5.41, 5.74) is -0.0870. The van der Waals surface area contributed by atoms with E-state index < -0.39 is 11.8 Å². The van der Waals surface area contributed by atoms with E-state index in [4.69, 9.17) is 5.11 Å². The SMILES string of the molecule is CN(c1ncc(F)cc1C(=O)O)C1CCNCC1.